The van der Waals surface area contributed by atoms with Crippen molar-refractivity contribution in [1.29, 1.82) is 0 Å². The number of unbranched alkanes of at least 4 members (excludes halogenated alkanes) is 7. The second kappa shape index (κ2) is 26.7. The zero-order chi connectivity index (χ0) is 30.0. The number of rotatable bonds is 15. The van der Waals surface area contributed by atoms with Gasteiger partial charge in [0.05, 0.1) is 0 Å². The average molecular weight is 564 g/mol. The van der Waals surface area contributed by atoms with E-state index in [1.165, 1.54) is 32.1 Å². The van der Waals surface area contributed by atoms with Crippen molar-refractivity contribution in [2.45, 2.75) is 159 Å². The van der Waals surface area contributed by atoms with Gasteiger partial charge < -0.3 is 15.0 Å². The molecule has 0 saturated carbocycles. The molecule has 219 valence electrons. The van der Waals surface area contributed by atoms with Crippen LogP contribution in [-0.2, 0) is 38.1 Å². The number of carboxylic acids is 2. The van der Waals surface area contributed by atoms with E-state index in [1.54, 1.807) is 0 Å². The molecule has 0 rings (SSSR count). The van der Waals surface area contributed by atoms with Gasteiger partial charge in [-0.15, -0.1) is 0 Å². The summed E-state index contributed by atoms with van der Waals surface area (Å²) in [6.45, 7) is 20.0. The Kier molecular flexibility index (Phi) is 31.2. The topological polar surface area (TPSA) is 109 Å². The molecule has 2 N–H and O–H groups in total. The van der Waals surface area contributed by atoms with E-state index in [0.717, 1.165) is 65.4 Å². The Hall–Kier alpha value is -0.876. The fourth-order valence-electron chi connectivity index (χ4n) is 3.25. The Morgan fingerprint density at radius 2 is 0.811 bits per heavy atom. The van der Waals surface area contributed by atoms with Gasteiger partial charge in [-0.1, -0.05) is 107 Å². The van der Waals surface area contributed by atoms with Crippen LogP contribution >= 0.6 is 0 Å². The first-order valence-electron chi connectivity index (χ1n) is 13.9. The van der Waals surface area contributed by atoms with Crippen LogP contribution in [0.5, 0.6) is 0 Å². The summed E-state index contributed by atoms with van der Waals surface area (Å²) in [5.41, 5.74) is 1.23. The summed E-state index contributed by atoms with van der Waals surface area (Å²) in [5, 5.41) is 16.7. The summed E-state index contributed by atoms with van der Waals surface area (Å²) < 4.78 is 8.25. The first-order valence-corrected chi connectivity index (χ1v) is 14.5. The van der Waals surface area contributed by atoms with Crippen LogP contribution in [0, 0.1) is 16.2 Å². The predicted molar refractivity (Wildman–Crippen MR) is 149 cm³/mol. The van der Waals surface area contributed by atoms with Gasteiger partial charge in [-0.3, -0.25) is 15.9 Å². The van der Waals surface area contributed by atoms with Gasteiger partial charge in [-0.05, 0) is 48.3 Å². The van der Waals surface area contributed by atoms with Crippen molar-refractivity contribution in [3.8, 4) is 0 Å². The second-order valence-electron chi connectivity index (χ2n) is 13.3. The van der Waals surface area contributed by atoms with Crippen molar-refractivity contribution in [1.82, 2.24) is 0 Å². The molecule has 0 saturated heterocycles. The average Bonchev–Trinajstić information content (AvgIpc) is 2.73. The Morgan fingerprint density at radius 3 is 1.03 bits per heavy atom. The maximum absolute atomic E-state index is 10.2. The number of aliphatic carboxylic acids is 2. The molecule has 0 unspecified atom stereocenters. The van der Waals surface area contributed by atoms with Gasteiger partial charge in [0.1, 0.15) is 0 Å². The fraction of sp³-hybridized carbons (Fsp3) is 0.900. The molecule has 7 heteroatoms. The van der Waals surface area contributed by atoms with Gasteiger partial charge >= 0.3 is 35.7 Å². The van der Waals surface area contributed by atoms with E-state index in [0.29, 0.717) is 35.5 Å². The third kappa shape index (κ3) is 61.1. The molecule has 37 heavy (non-hydrogen) atoms. The standard InChI is InChI=1S/2C10H20O2.C10H19O.O.Ti/c2*1-10(2,3)8-6-4-5-7-9(11)12;1-10(2,3)8-6-4-5-7-9-11;;/h2*4-8H2,1-3H3,(H,11,12);4-8H2,1-3H3;;/q;;-1;;+1. The van der Waals surface area contributed by atoms with Crippen LogP contribution in [0.3, 0.4) is 0 Å². The minimum absolute atomic E-state index is 0.324. The summed E-state index contributed by atoms with van der Waals surface area (Å²) >= 11 is 0.750. The second-order valence-corrected chi connectivity index (χ2v) is 13.3. The summed E-state index contributed by atoms with van der Waals surface area (Å²) in [6.07, 6.45) is 16.3. The summed E-state index contributed by atoms with van der Waals surface area (Å²) in [4.78, 5) is 30.2. The molecule has 0 aromatic heterocycles. The molecule has 0 atom stereocenters. The molecule has 0 amide bonds. The van der Waals surface area contributed by atoms with Gasteiger partial charge in [-0.2, -0.15) is 6.42 Å². The molecule has 0 spiro atoms. The Morgan fingerprint density at radius 1 is 0.541 bits per heavy atom. The third-order valence-electron chi connectivity index (χ3n) is 5.34. The van der Waals surface area contributed by atoms with Crippen LogP contribution < -0.4 is 0 Å². The first kappa shape index (κ1) is 43.2. The van der Waals surface area contributed by atoms with Crippen molar-refractivity contribution in [3.63, 3.8) is 0 Å². The van der Waals surface area contributed by atoms with Crippen LogP contribution in [0.4, 0.5) is 0 Å². The van der Waals surface area contributed by atoms with Crippen LogP contribution in [0.25, 0.3) is 0 Å². The monoisotopic (exact) mass is 563 g/mol. The van der Waals surface area contributed by atoms with Gasteiger partial charge in [0.15, 0.2) is 0 Å². The zero-order valence-electron chi connectivity index (χ0n) is 25.6. The van der Waals surface area contributed by atoms with Crippen LogP contribution in [0.15, 0.2) is 0 Å². The predicted octanol–water partition coefficient (Wildman–Crippen LogP) is 9.11. The number of carbonyl (C=O) groups excluding carboxylic acids is 1. The molecule has 6 nitrogen and oxygen atoms in total. The van der Waals surface area contributed by atoms with E-state index < -0.39 is 11.9 Å². The van der Waals surface area contributed by atoms with Gasteiger partial charge in [0, 0.05) is 12.8 Å². The van der Waals surface area contributed by atoms with Gasteiger partial charge in [0.25, 0.3) is 0 Å². The molecule has 0 aliphatic rings. The molecule has 0 heterocycles. The van der Waals surface area contributed by atoms with E-state index >= 15 is 0 Å². The van der Waals surface area contributed by atoms with E-state index in [4.69, 9.17) is 13.5 Å². The molecular weight excluding hydrogens is 504 g/mol. The van der Waals surface area contributed by atoms with E-state index in [2.05, 4.69) is 62.3 Å². The summed E-state index contributed by atoms with van der Waals surface area (Å²) in [5.74, 6) is -1.35. The van der Waals surface area contributed by atoms with Crippen LogP contribution in [0.1, 0.15) is 159 Å². The van der Waals surface area contributed by atoms with Crippen LogP contribution in [-0.4, -0.2) is 28.4 Å². The molecule has 0 aromatic carbocycles. The Balaban J connectivity index is -0.000000213. The quantitative estimate of drug-likeness (QED) is 0.117. The summed E-state index contributed by atoms with van der Waals surface area (Å²) in [6, 6.07) is 0. The number of hydrogen-bond acceptors (Lipinski definition) is 4. The molecule has 0 aliphatic carbocycles. The number of hydrogen-bond donors (Lipinski definition) is 2. The molecule has 0 aliphatic heterocycles. The van der Waals surface area contributed by atoms with E-state index in [-0.39, 0.29) is 0 Å². The van der Waals surface area contributed by atoms with Crippen molar-refractivity contribution < 1.29 is 48.3 Å². The third-order valence-corrected chi connectivity index (χ3v) is 5.34. The first-order chi connectivity index (χ1) is 16.9. The number of carbonyl (C=O) groups is 2. The molecule has 0 radical (unpaired) electrons. The normalized spacial score (nSPS) is 11.1. The Labute approximate surface area is 240 Å². The molecule has 0 aromatic rings. The molecular formula is C30H59O6Ti. The van der Waals surface area contributed by atoms with Crippen molar-refractivity contribution >= 4 is 18.2 Å². The van der Waals surface area contributed by atoms with E-state index in [1.807, 2.05) is 6.29 Å². The van der Waals surface area contributed by atoms with Gasteiger partial charge in [-0.25, -0.2) is 0 Å². The minimum atomic E-state index is -0.675. The molecule has 0 bridgehead atoms. The summed E-state index contributed by atoms with van der Waals surface area (Å²) in [7, 11) is 0. The van der Waals surface area contributed by atoms with Crippen LogP contribution in [0.2, 0.25) is 0 Å². The Bertz CT molecular complexity index is 508. The zero-order valence-corrected chi connectivity index (χ0v) is 27.2. The van der Waals surface area contributed by atoms with E-state index in [9.17, 15) is 14.4 Å². The SMILES string of the molecule is CC(C)(C)CCCCCC(=O)O.CC(C)(C)CCCCCC(=O)O.CC(C)(C)CCCCC[C-]=O.[O]=[Ti+]. The van der Waals surface area contributed by atoms with Crippen molar-refractivity contribution in [2.75, 3.05) is 0 Å². The fourth-order valence-corrected chi connectivity index (χ4v) is 3.25. The van der Waals surface area contributed by atoms with Crippen molar-refractivity contribution in [2.24, 2.45) is 16.2 Å². The number of carboxylic acid groups (broad SMARTS) is 2. The maximum atomic E-state index is 10.2. The molecule has 0 fully saturated rings. The van der Waals surface area contributed by atoms with Gasteiger partial charge in [0.2, 0.25) is 0 Å². The van der Waals surface area contributed by atoms with Crippen molar-refractivity contribution in [3.05, 3.63) is 0 Å².